The van der Waals surface area contributed by atoms with Crippen molar-refractivity contribution in [1.29, 1.82) is 0 Å². The Bertz CT molecular complexity index is 975. The maximum absolute atomic E-state index is 13.2. The summed E-state index contributed by atoms with van der Waals surface area (Å²) in [5.74, 6) is 0.356. The molecule has 6 heteroatoms. The number of carbonyl (C=O) groups is 2. The van der Waals surface area contributed by atoms with E-state index >= 15 is 0 Å². The van der Waals surface area contributed by atoms with E-state index in [4.69, 9.17) is 0 Å². The van der Waals surface area contributed by atoms with E-state index in [2.05, 4.69) is 60.2 Å². The van der Waals surface area contributed by atoms with Crippen LogP contribution in [0.4, 0.5) is 4.79 Å². The van der Waals surface area contributed by atoms with E-state index < -0.39 is 0 Å². The summed E-state index contributed by atoms with van der Waals surface area (Å²) in [6.07, 6.45) is 11.7. The Balaban J connectivity index is 1.24. The lowest BCUT2D eigenvalue weighted by atomic mass is 9.63. The van der Waals surface area contributed by atoms with E-state index in [1.165, 1.54) is 49.7 Å². The molecule has 0 saturated carbocycles. The predicted octanol–water partition coefficient (Wildman–Crippen LogP) is 5.47. The van der Waals surface area contributed by atoms with Gasteiger partial charge >= 0.3 is 6.03 Å². The Labute approximate surface area is 224 Å². The molecule has 1 aromatic carbocycles. The van der Waals surface area contributed by atoms with Crippen LogP contribution in [0.2, 0.25) is 0 Å². The van der Waals surface area contributed by atoms with Crippen LogP contribution in [0.1, 0.15) is 102 Å². The standard InChI is InChI=1S/C31H48N4O2/c1-30(2,3)28(36)35-23-12-10-22(11-13-24(35)15-14-23)34-20-18-31(19-21-34)17-16-27(32-29(37)33(4)5)25-8-6-7-9-26(25)31/h6-9,22-24,27H,10-21H2,1-5H3,(H,32,37)/t22?,23?,24?,27-/m1/s1. The van der Waals surface area contributed by atoms with Crippen molar-refractivity contribution in [2.24, 2.45) is 5.41 Å². The second-order valence-electron chi connectivity index (χ2n) is 13.5. The van der Waals surface area contributed by atoms with Gasteiger partial charge in [0.15, 0.2) is 0 Å². The second kappa shape index (κ2) is 10.2. The molecule has 3 fully saturated rings. The summed E-state index contributed by atoms with van der Waals surface area (Å²) in [6.45, 7) is 8.53. The summed E-state index contributed by atoms with van der Waals surface area (Å²) >= 11 is 0. The van der Waals surface area contributed by atoms with Gasteiger partial charge in [-0.3, -0.25) is 4.79 Å². The van der Waals surface area contributed by atoms with Gasteiger partial charge in [-0.05, 0) is 93.8 Å². The van der Waals surface area contributed by atoms with Crippen LogP contribution in [0.25, 0.3) is 0 Å². The molecule has 3 saturated heterocycles. The molecule has 5 rings (SSSR count). The molecule has 2 bridgehead atoms. The lowest BCUT2D eigenvalue weighted by Crippen LogP contribution is -2.52. The number of carbonyl (C=O) groups excluding carboxylic acids is 2. The van der Waals surface area contributed by atoms with Gasteiger partial charge < -0.3 is 20.0 Å². The third kappa shape index (κ3) is 5.15. The van der Waals surface area contributed by atoms with Gasteiger partial charge in [0.25, 0.3) is 0 Å². The lowest BCUT2D eigenvalue weighted by Gasteiger charge is -2.49. The number of hydrogen-bond acceptors (Lipinski definition) is 3. The third-order valence-electron chi connectivity index (χ3n) is 9.96. The highest BCUT2D eigenvalue weighted by Crippen LogP contribution is 2.48. The van der Waals surface area contributed by atoms with Crippen molar-refractivity contribution >= 4 is 11.9 Å². The van der Waals surface area contributed by atoms with E-state index in [-0.39, 0.29) is 22.9 Å². The number of nitrogens with one attached hydrogen (secondary N) is 1. The molecule has 3 atom stereocenters. The van der Waals surface area contributed by atoms with Gasteiger partial charge in [0, 0.05) is 37.6 Å². The van der Waals surface area contributed by atoms with Crippen LogP contribution in [-0.4, -0.2) is 71.9 Å². The third-order valence-corrected chi connectivity index (χ3v) is 9.96. The van der Waals surface area contributed by atoms with Crippen LogP contribution in [0, 0.1) is 5.41 Å². The molecular formula is C31H48N4O2. The molecule has 0 radical (unpaired) electrons. The van der Waals surface area contributed by atoms with Crippen molar-refractivity contribution in [3.05, 3.63) is 35.4 Å². The largest absolute Gasteiger partial charge is 0.336 e. The molecular weight excluding hydrogens is 460 g/mol. The number of likely N-dealkylation sites (tertiary alicyclic amines) is 1. The fourth-order valence-electron chi connectivity index (χ4n) is 7.79. The Kier molecular flexibility index (Phi) is 7.34. The van der Waals surface area contributed by atoms with Crippen LogP contribution >= 0.6 is 0 Å². The van der Waals surface area contributed by atoms with E-state index in [0.717, 1.165) is 38.8 Å². The summed E-state index contributed by atoms with van der Waals surface area (Å²) < 4.78 is 0. The Hall–Kier alpha value is -2.08. The summed E-state index contributed by atoms with van der Waals surface area (Å²) in [4.78, 5) is 32.3. The zero-order valence-electron chi connectivity index (χ0n) is 23.8. The van der Waals surface area contributed by atoms with Crippen molar-refractivity contribution in [2.45, 2.75) is 115 Å². The molecule has 204 valence electrons. The fraction of sp³-hybridized carbons (Fsp3) is 0.742. The maximum atomic E-state index is 13.2. The van der Waals surface area contributed by atoms with E-state index in [9.17, 15) is 9.59 Å². The minimum atomic E-state index is -0.287. The van der Waals surface area contributed by atoms with E-state index in [1.807, 2.05) is 14.1 Å². The van der Waals surface area contributed by atoms with Crippen LogP contribution in [0.3, 0.4) is 0 Å². The number of urea groups is 1. The molecule has 1 aliphatic carbocycles. The average molecular weight is 509 g/mol. The van der Waals surface area contributed by atoms with Gasteiger partial charge in [0.2, 0.25) is 5.91 Å². The molecule has 3 aliphatic heterocycles. The van der Waals surface area contributed by atoms with Gasteiger partial charge in [-0.1, -0.05) is 45.0 Å². The first-order valence-electron chi connectivity index (χ1n) is 14.7. The Morgan fingerprint density at radius 1 is 0.865 bits per heavy atom. The van der Waals surface area contributed by atoms with Crippen molar-refractivity contribution in [1.82, 2.24) is 20.0 Å². The van der Waals surface area contributed by atoms with Crippen LogP contribution < -0.4 is 5.32 Å². The number of amides is 3. The quantitative estimate of drug-likeness (QED) is 0.576. The molecule has 37 heavy (non-hydrogen) atoms. The summed E-state index contributed by atoms with van der Waals surface area (Å²) in [5, 5.41) is 3.25. The molecule has 4 aliphatic rings. The number of benzene rings is 1. The molecule has 1 spiro atoms. The topological polar surface area (TPSA) is 55.9 Å². The molecule has 1 aromatic rings. The Morgan fingerprint density at radius 3 is 2.00 bits per heavy atom. The number of rotatable bonds is 2. The average Bonchev–Trinajstić information content (AvgIpc) is 3.30. The van der Waals surface area contributed by atoms with Gasteiger partial charge in [-0.15, -0.1) is 0 Å². The minimum Gasteiger partial charge on any atom is -0.336 e. The molecule has 6 nitrogen and oxygen atoms in total. The number of nitrogens with zero attached hydrogens (tertiary/aromatic N) is 3. The van der Waals surface area contributed by atoms with Gasteiger partial charge in [0.1, 0.15) is 0 Å². The first-order valence-corrected chi connectivity index (χ1v) is 14.7. The number of piperidine rings is 1. The summed E-state index contributed by atoms with van der Waals surface area (Å²) in [6, 6.07) is 10.5. The number of fused-ring (bicyclic) bond motifs is 4. The lowest BCUT2D eigenvalue weighted by molar-refractivity contribution is -0.143. The summed E-state index contributed by atoms with van der Waals surface area (Å²) in [5.41, 5.74) is 2.74. The molecule has 0 aromatic heterocycles. The SMILES string of the molecule is CN(C)C(=O)N[C@@H]1CCC2(CCN(C3CCC4CCC(CC3)N4C(=O)C(C)(C)C)CC2)c2ccccc21. The Morgan fingerprint density at radius 2 is 1.43 bits per heavy atom. The second-order valence-corrected chi connectivity index (χ2v) is 13.5. The molecule has 1 N–H and O–H groups in total. The van der Waals surface area contributed by atoms with Crippen molar-refractivity contribution in [2.75, 3.05) is 27.2 Å². The smallest absolute Gasteiger partial charge is 0.317 e. The number of hydrogen-bond donors (Lipinski definition) is 1. The van der Waals surface area contributed by atoms with Crippen LogP contribution in [-0.2, 0) is 10.2 Å². The highest BCUT2D eigenvalue weighted by molar-refractivity contribution is 5.82. The fourth-order valence-corrected chi connectivity index (χ4v) is 7.79. The monoisotopic (exact) mass is 508 g/mol. The molecule has 2 unspecified atom stereocenters. The van der Waals surface area contributed by atoms with E-state index in [0.29, 0.717) is 24.0 Å². The van der Waals surface area contributed by atoms with Gasteiger partial charge in [-0.2, -0.15) is 0 Å². The maximum Gasteiger partial charge on any atom is 0.317 e. The zero-order valence-corrected chi connectivity index (χ0v) is 23.8. The van der Waals surface area contributed by atoms with E-state index in [1.54, 1.807) is 4.90 Å². The highest BCUT2D eigenvalue weighted by atomic mass is 16.2. The van der Waals surface area contributed by atoms with Gasteiger partial charge in [-0.25, -0.2) is 4.79 Å². The molecule has 3 heterocycles. The van der Waals surface area contributed by atoms with Crippen molar-refractivity contribution in [3.8, 4) is 0 Å². The van der Waals surface area contributed by atoms with Gasteiger partial charge in [0.05, 0.1) is 6.04 Å². The molecule has 3 amide bonds. The van der Waals surface area contributed by atoms with Crippen molar-refractivity contribution < 1.29 is 9.59 Å². The highest BCUT2D eigenvalue weighted by Gasteiger charge is 2.45. The first kappa shape index (κ1) is 26.5. The summed E-state index contributed by atoms with van der Waals surface area (Å²) in [7, 11) is 3.62. The van der Waals surface area contributed by atoms with Crippen LogP contribution in [0.5, 0.6) is 0 Å². The first-order chi connectivity index (χ1) is 17.6. The predicted molar refractivity (Wildman–Crippen MR) is 148 cm³/mol. The normalized spacial score (nSPS) is 29.8. The van der Waals surface area contributed by atoms with Crippen molar-refractivity contribution in [3.63, 3.8) is 0 Å². The minimum absolute atomic E-state index is 0.00779. The van der Waals surface area contributed by atoms with Crippen LogP contribution in [0.15, 0.2) is 24.3 Å². The zero-order chi connectivity index (χ0) is 26.4.